The number of rotatable bonds is 6. The SMILES string of the molecule is Cc1ccc(-n2nc(C(=O)N(C)Cc3ccccc3)c(=O)n(Cc3ccccc3Cl)c2=O)cc1. The molecule has 0 fully saturated rings. The fourth-order valence-electron chi connectivity index (χ4n) is 3.55. The molecular formula is C26H23ClN4O3. The standard InChI is InChI=1S/C26H23ClN4O3/c1-18-12-14-21(15-13-18)31-26(34)30(17-20-10-6-7-11-22(20)27)25(33)23(28-31)24(32)29(2)16-19-8-4-3-5-9-19/h3-15H,16-17H2,1-2H3. The van der Waals surface area contributed by atoms with E-state index in [2.05, 4.69) is 5.10 Å². The Hall–Kier alpha value is -3.97. The van der Waals surface area contributed by atoms with Gasteiger partial charge >= 0.3 is 5.69 Å². The molecule has 0 bridgehead atoms. The second-order valence-electron chi connectivity index (χ2n) is 8.01. The minimum atomic E-state index is -0.766. The number of aryl methyl sites for hydroxylation is 1. The minimum Gasteiger partial charge on any atom is -0.336 e. The highest BCUT2D eigenvalue weighted by molar-refractivity contribution is 6.31. The molecule has 7 nitrogen and oxygen atoms in total. The van der Waals surface area contributed by atoms with Crippen LogP contribution < -0.4 is 11.2 Å². The third-order valence-corrected chi connectivity index (χ3v) is 5.81. The molecule has 0 atom stereocenters. The Kier molecular flexibility index (Phi) is 6.75. The summed E-state index contributed by atoms with van der Waals surface area (Å²) in [6.07, 6.45) is 0. The van der Waals surface area contributed by atoms with Crippen LogP contribution in [0.25, 0.3) is 5.69 Å². The third-order valence-electron chi connectivity index (χ3n) is 5.44. The monoisotopic (exact) mass is 474 g/mol. The summed E-state index contributed by atoms with van der Waals surface area (Å²) < 4.78 is 2.08. The molecule has 1 heterocycles. The lowest BCUT2D eigenvalue weighted by Gasteiger charge is -2.18. The molecular weight excluding hydrogens is 452 g/mol. The zero-order chi connectivity index (χ0) is 24.2. The Morgan fingerprint density at radius 2 is 1.59 bits per heavy atom. The summed E-state index contributed by atoms with van der Waals surface area (Å²) in [5.41, 5.74) is 1.17. The van der Waals surface area contributed by atoms with Gasteiger partial charge in [0.05, 0.1) is 12.2 Å². The molecule has 0 aliphatic rings. The van der Waals surface area contributed by atoms with E-state index in [0.717, 1.165) is 20.4 Å². The molecule has 34 heavy (non-hydrogen) atoms. The molecule has 8 heteroatoms. The highest BCUT2D eigenvalue weighted by Gasteiger charge is 2.23. The van der Waals surface area contributed by atoms with Crippen molar-refractivity contribution in [2.24, 2.45) is 0 Å². The molecule has 0 saturated heterocycles. The molecule has 3 aromatic carbocycles. The van der Waals surface area contributed by atoms with Crippen LogP contribution in [0.15, 0.2) is 88.5 Å². The van der Waals surface area contributed by atoms with Crippen molar-refractivity contribution in [1.29, 1.82) is 0 Å². The highest BCUT2D eigenvalue weighted by atomic mass is 35.5. The largest absolute Gasteiger partial charge is 0.352 e. The van der Waals surface area contributed by atoms with Crippen molar-refractivity contribution in [3.8, 4) is 5.69 Å². The maximum atomic E-state index is 13.3. The summed E-state index contributed by atoms with van der Waals surface area (Å²) in [4.78, 5) is 41.4. The van der Waals surface area contributed by atoms with Gasteiger partial charge in [0.1, 0.15) is 0 Å². The molecule has 4 rings (SSSR count). The number of benzene rings is 3. The van der Waals surface area contributed by atoms with Crippen molar-refractivity contribution < 1.29 is 4.79 Å². The molecule has 0 saturated carbocycles. The van der Waals surface area contributed by atoms with Gasteiger partial charge in [-0.15, -0.1) is 0 Å². The van der Waals surface area contributed by atoms with E-state index in [1.165, 1.54) is 4.90 Å². The normalized spacial score (nSPS) is 10.8. The van der Waals surface area contributed by atoms with Crippen LogP contribution in [0.4, 0.5) is 0 Å². The van der Waals surface area contributed by atoms with Gasteiger partial charge in [-0.2, -0.15) is 9.78 Å². The van der Waals surface area contributed by atoms with Crippen LogP contribution in [-0.4, -0.2) is 32.2 Å². The Morgan fingerprint density at radius 1 is 0.941 bits per heavy atom. The maximum Gasteiger partial charge on any atom is 0.352 e. The van der Waals surface area contributed by atoms with Crippen molar-refractivity contribution >= 4 is 17.5 Å². The van der Waals surface area contributed by atoms with Crippen LogP contribution in [0.3, 0.4) is 0 Å². The fourth-order valence-corrected chi connectivity index (χ4v) is 3.74. The van der Waals surface area contributed by atoms with Crippen LogP contribution >= 0.6 is 11.6 Å². The predicted octanol–water partition coefficient (Wildman–Crippen LogP) is 3.68. The first kappa shape index (κ1) is 23.2. The molecule has 0 radical (unpaired) electrons. The number of carbonyl (C=O) groups excluding carboxylic acids is 1. The topological polar surface area (TPSA) is 77.2 Å². The first-order valence-corrected chi connectivity index (χ1v) is 11.1. The molecule has 4 aromatic rings. The van der Waals surface area contributed by atoms with Crippen molar-refractivity contribution in [2.45, 2.75) is 20.0 Å². The van der Waals surface area contributed by atoms with E-state index < -0.39 is 17.2 Å². The van der Waals surface area contributed by atoms with Gasteiger partial charge in [0, 0.05) is 18.6 Å². The number of hydrogen-bond acceptors (Lipinski definition) is 4. The molecule has 0 unspecified atom stereocenters. The first-order chi connectivity index (χ1) is 16.3. The van der Waals surface area contributed by atoms with Crippen LogP contribution in [-0.2, 0) is 13.1 Å². The summed E-state index contributed by atoms with van der Waals surface area (Å²) in [5.74, 6) is -0.581. The molecule has 0 N–H and O–H groups in total. The van der Waals surface area contributed by atoms with Gasteiger partial charge < -0.3 is 4.90 Å². The van der Waals surface area contributed by atoms with Crippen LogP contribution in [0, 0.1) is 6.92 Å². The van der Waals surface area contributed by atoms with Crippen molar-refractivity contribution in [2.75, 3.05) is 7.05 Å². The maximum absolute atomic E-state index is 13.3. The summed E-state index contributed by atoms with van der Waals surface area (Å²) in [7, 11) is 1.59. The van der Waals surface area contributed by atoms with Crippen molar-refractivity contribution in [3.63, 3.8) is 0 Å². The van der Waals surface area contributed by atoms with E-state index in [-0.39, 0.29) is 18.8 Å². The van der Waals surface area contributed by atoms with Gasteiger partial charge in [-0.25, -0.2) is 4.79 Å². The van der Waals surface area contributed by atoms with E-state index in [4.69, 9.17) is 11.6 Å². The zero-order valence-electron chi connectivity index (χ0n) is 18.8. The number of carbonyl (C=O) groups is 1. The van der Waals surface area contributed by atoms with Gasteiger partial charge in [-0.05, 0) is 36.2 Å². The quantitative estimate of drug-likeness (QED) is 0.427. The van der Waals surface area contributed by atoms with E-state index in [1.54, 1.807) is 43.4 Å². The number of aromatic nitrogens is 3. The Morgan fingerprint density at radius 3 is 2.26 bits per heavy atom. The van der Waals surface area contributed by atoms with Gasteiger partial charge in [0.2, 0.25) is 5.69 Å². The average Bonchev–Trinajstić information content (AvgIpc) is 2.84. The van der Waals surface area contributed by atoms with Gasteiger partial charge in [-0.3, -0.25) is 14.2 Å². The van der Waals surface area contributed by atoms with Crippen LogP contribution in [0.5, 0.6) is 0 Å². The van der Waals surface area contributed by atoms with Gasteiger partial charge in [-0.1, -0.05) is 77.8 Å². The molecule has 0 aliphatic heterocycles. The van der Waals surface area contributed by atoms with Crippen molar-refractivity contribution in [1.82, 2.24) is 19.2 Å². The Balaban J connectivity index is 1.83. The summed E-state index contributed by atoms with van der Waals surface area (Å²) >= 11 is 6.28. The highest BCUT2D eigenvalue weighted by Crippen LogP contribution is 2.15. The third kappa shape index (κ3) is 4.84. The molecule has 1 aromatic heterocycles. The lowest BCUT2D eigenvalue weighted by Crippen LogP contribution is -2.46. The molecule has 172 valence electrons. The fraction of sp³-hybridized carbons (Fsp3) is 0.154. The molecule has 0 aliphatic carbocycles. The second kappa shape index (κ2) is 9.89. The summed E-state index contributed by atoms with van der Waals surface area (Å²) in [6.45, 7) is 2.12. The number of hydrogen-bond donors (Lipinski definition) is 0. The lowest BCUT2D eigenvalue weighted by atomic mass is 10.2. The molecule has 1 amide bonds. The van der Waals surface area contributed by atoms with Gasteiger partial charge in [0.15, 0.2) is 0 Å². The summed E-state index contributed by atoms with van der Waals surface area (Å²) in [5, 5.41) is 4.62. The van der Waals surface area contributed by atoms with Crippen LogP contribution in [0.2, 0.25) is 5.02 Å². The minimum absolute atomic E-state index is 0.0889. The van der Waals surface area contributed by atoms with Crippen molar-refractivity contribution in [3.05, 3.63) is 127 Å². The van der Waals surface area contributed by atoms with Crippen LogP contribution in [0.1, 0.15) is 27.2 Å². The number of amides is 1. The Labute approximate surface area is 201 Å². The second-order valence-corrected chi connectivity index (χ2v) is 8.42. The summed E-state index contributed by atoms with van der Waals surface area (Å²) in [6, 6.07) is 23.5. The lowest BCUT2D eigenvalue weighted by molar-refractivity contribution is 0.0773. The zero-order valence-corrected chi connectivity index (χ0v) is 19.6. The number of halogens is 1. The van der Waals surface area contributed by atoms with E-state index in [9.17, 15) is 14.4 Å². The Bertz CT molecular complexity index is 1440. The van der Waals surface area contributed by atoms with E-state index >= 15 is 0 Å². The van der Waals surface area contributed by atoms with E-state index in [1.807, 2.05) is 49.4 Å². The molecule has 0 spiro atoms. The first-order valence-electron chi connectivity index (χ1n) is 10.7. The predicted molar refractivity (Wildman–Crippen MR) is 132 cm³/mol. The van der Waals surface area contributed by atoms with Gasteiger partial charge in [0.25, 0.3) is 11.5 Å². The smallest absolute Gasteiger partial charge is 0.336 e. The average molecular weight is 475 g/mol. The van der Waals surface area contributed by atoms with E-state index in [0.29, 0.717) is 16.3 Å². The number of nitrogens with zero attached hydrogens (tertiary/aromatic N) is 4.